The minimum Gasteiger partial charge on any atom is -0.381 e. The third-order valence-electron chi connectivity index (χ3n) is 5.03. The second kappa shape index (κ2) is 7.11. The van der Waals surface area contributed by atoms with Gasteiger partial charge in [0.2, 0.25) is 5.91 Å². The zero-order valence-corrected chi connectivity index (χ0v) is 14.4. The van der Waals surface area contributed by atoms with Gasteiger partial charge in [0, 0.05) is 31.6 Å². The molecule has 0 aliphatic carbocycles. The minimum atomic E-state index is 0.277. The first kappa shape index (κ1) is 16.0. The first-order valence-electron chi connectivity index (χ1n) is 8.33. The molecule has 4 nitrogen and oxygen atoms in total. The lowest BCUT2D eigenvalue weighted by Gasteiger charge is -2.38. The molecule has 0 bridgehead atoms. The van der Waals surface area contributed by atoms with Gasteiger partial charge in [-0.2, -0.15) is 0 Å². The summed E-state index contributed by atoms with van der Waals surface area (Å²) >= 11 is 1.83. The second-order valence-corrected chi connectivity index (χ2v) is 7.27. The van der Waals surface area contributed by atoms with E-state index in [1.54, 1.807) is 7.11 Å². The van der Waals surface area contributed by atoms with Crippen LogP contribution in [0.15, 0.2) is 11.4 Å². The topological polar surface area (TPSA) is 32.8 Å². The van der Waals surface area contributed by atoms with Gasteiger partial charge in [-0.15, -0.1) is 11.3 Å². The van der Waals surface area contributed by atoms with Crippen LogP contribution in [0, 0.1) is 0 Å². The number of piperidine rings is 1. The molecule has 1 amide bonds. The quantitative estimate of drug-likeness (QED) is 0.854. The van der Waals surface area contributed by atoms with Crippen molar-refractivity contribution in [2.45, 2.75) is 44.8 Å². The van der Waals surface area contributed by atoms with Crippen LogP contribution in [0.2, 0.25) is 0 Å². The van der Waals surface area contributed by atoms with Gasteiger partial charge in [0.25, 0.3) is 0 Å². The number of amides is 1. The van der Waals surface area contributed by atoms with Crippen molar-refractivity contribution in [3.05, 3.63) is 21.9 Å². The van der Waals surface area contributed by atoms with E-state index in [0.29, 0.717) is 18.6 Å². The van der Waals surface area contributed by atoms with Crippen LogP contribution in [0.4, 0.5) is 0 Å². The Morgan fingerprint density at radius 3 is 2.82 bits per heavy atom. The molecule has 0 spiro atoms. The summed E-state index contributed by atoms with van der Waals surface area (Å²) in [6, 6.07) is 2.48. The molecule has 0 saturated carbocycles. The van der Waals surface area contributed by atoms with E-state index >= 15 is 0 Å². The molecule has 1 unspecified atom stereocenters. The fourth-order valence-electron chi connectivity index (χ4n) is 3.72. The van der Waals surface area contributed by atoms with Crippen molar-refractivity contribution in [3.63, 3.8) is 0 Å². The predicted octanol–water partition coefficient (Wildman–Crippen LogP) is 2.69. The smallest absolute Gasteiger partial charge is 0.237 e. The molecule has 2 aliphatic rings. The summed E-state index contributed by atoms with van der Waals surface area (Å²) in [5.41, 5.74) is 1.38. The Morgan fingerprint density at radius 2 is 2.14 bits per heavy atom. The van der Waals surface area contributed by atoms with Crippen molar-refractivity contribution >= 4 is 17.2 Å². The van der Waals surface area contributed by atoms with Crippen LogP contribution < -0.4 is 0 Å². The summed E-state index contributed by atoms with van der Waals surface area (Å²) in [5, 5.41) is 2.16. The van der Waals surface area contributed by atoms with Gasteiger partial charge in [0.1, 0.15) is 0 Å². The van der Waals surface area contributed by atoms with Gasteiger partial charge in [-0.1, -0.05) is 6.92 Å². The first-order chi connectivity index (χ1) is 10.7. The third kappa shape index (κ3) is 3.21. The lowest BCUT2D eigenvalue weighted by molar-refractivity contribution is -0.136. The Balaban J connectivity index is 1.61. The number of carbonyl (C=O) groups excluding carboxylic acids is 1. The number of hydrogen-bond acceptors (Lipinski definition) is 4. The van der Waals surface area contributed by atoms with Crippen LogP contribution in [0.3, 0.4) is 0 Å². The van der Waals surface area contributed by atoms with Crippen LogP contribution >= 0.6 is 11.3 Å². The summed E-state index contributed by atoms with van der Waals surface area (Å²) in [4.78, 5) is 18.6. The maximum atomic E-state index is 12.8. The number of hydrogen-bond donors (Lipinski definition) is 0. The highest BCUT2D eigenvalue weighted by Crippen LogP contribution is 2.35. The Hall–Kier alpha value is -0.910. The molecular formula is C17H26N2O2S. The largest absolute Gasteiger partial charge is 0.381 e. The van der Waals surface area contributed by atoms with Gasteiger partial charge < -0.3 is 9.64 Å². The van der Waals surface area contributed by atoms with Crippen LogP contribution in [0.5, 0.6) is 0 Å². The van der Waals surface area contributed by atoms with Gasteiger partial charge in [0.05, 0.1) is 18.7 Å². The number of fused-ring (bicyclic) bond motifs is 1. The Labute approximate surface area is 137 Å². The van der Waals surface area contributed by atoms with E-state index in [0.717, 1.165) is 45.3 Å². The highest BCUT2D eigenvalue weighted by molar-refractivity contribution is 7.10. The maximum Gasteiger partial charge on any atom is 0.237 e. The molecule has 1 saturated heterocycles. The average molecular weight is 322 g/mol. The standard InChI is InChI=1S/C17H26N2O2S/c1-3-15-14-7-11-22-16(14)6-10-19(15)17(20)12-18-8-4-13(21-2)5-9-18/h7,11,13,15H,3-6,8-10,12H2,1-2H3. The summed E-state index contributed by atoms with van der Waals surface area (Å²) in [6.07, 6.45) is 4.46. The van der Waals surface area contributed by atoms with E-state index in [9.17, 15) is 4.79 Å². The molecule has 3 heterocycles. The monoisotopic (exact) mass is 322 g/mol. The predicted molar refractivity (Wildman–Crippen MR) is 89.2 cm³/mol. The van der Waals surface area contributed by atoms with Crippen LogP contribution in [-0.4, -0.2) is 55.1 Å². The number of nitrogens with zero attached hydrogens (tertiary/aromatic N) is 2. The summed E-state index contributed by atoms with van der Waals surface area (Å²) in [7, 11) is 1.78. The third-order valence-corrected chi connectivity index (χ3v) is 6.03. The second-order valence-electron chi connectivity index (χ2n) is 6.27. The molecule has 0 aromatic carbocycles. The molecule has 122 valence electrons. The van der Waals surface area contributed by atoms with Crippen molar-refractivity contribution in [1.29, 1.82) is 0 Å². The molecule has 1 aromatic heterocycles. The number of ether oxygens (including phenoxy) is 1. The number of carbonyl (C=O) groups is 1. The zero-order chi connectivity index (χ0) is 15.5. The van der Waals surface area contributed by atoms with Gasteiger partial charge in [0.15, 0.2) is 0 Å². The Kier molecular flexibility index (Phi) is 5.16. The number of rotatable bonds is 4. The number of thiophene rings is 1. The SMILES string of the molecule is CCC1c2ccsc2CCN1C(=O)CN1CCC(OC)CC1. The van der Waals surface area contributed by atoms with Crippen molar-refractivity contribution in [2.24, 2.45) is 0 Å². The van der Waals surface area contributed by atoms with E-state index in [2.05, 4.69) is 28.2 Å². The molecule has 0 radical (unpaired) electrons. The minimum absolute atomic E-state index is 0.277. The first-order valence-corrected chi connectivity index (χ1v) is 9.21. The molecule has 1 aromatic rings. The van der Waals surface area contributed by atoms with Crippen LogP contribution in [-0.2, 0) is 16.0 Å². The summed E-state index contributed by atoms with van der Waals surface area (Å²) in [5.74, 6) is 0.291. The summed E-state index contributed by atoms with van der Waals surface area (Å²) in [6.45, 7) is 5.56. The highest BCUT2D eigenvalue weighted by Gasteiger charge is 2.31. The lowest BCUT2D eigenvalue weighted by Crippen LogP contribution is -2.47. The van der Waals surface area contributed by atoms with Crippen molar-refractivity contribution in [2.75, 3.05) is 33.3 Å². The Bertz CT molecular complexity index is 509. The molecule has 2 aliphatic heterocycles. The van der Waals surface area contributed by atoms with E-state index < -0.39 is 0 Å². The van der Waals surface area contributed by atoms with Gasteiger partial charge >= 0.3 is 0 Å². The van der Waals surface area contributed by atoms with Gasteiger partial charge in [-0.25, -0.2) is 0 Å². The van der Waals surface area contributed by atoms with Crippen molar-refractivity contribution < 1.29 is 9.53 Å². The van der Waals surface area contributed by atoms with Crippen molar-refractivity contribution in [3.8, 4) is 0 Å². The van der Waals surface area contributed by atoms with Crippen LogP contribution in [0.1, 0.15) is 42.7 Å². The van der Waals surface area contributed by atoms with E-state index in [1.807, 2.05) is 11.3 Å². The van der Waals surface area contributed by atoms with Crippen molar-refractivity contribution in [1.82, 2.24) is 9.80 Å². The fourth-order valence-corrected chi connectivity index (χ4v) is 4.65. The lowest BCUT2D eigenvalue weighted by atomic mass is 9.97. The average Bonchev–Trinajstić information content (AvgIpc) is 3.03. The van der Waals surface area contributed by atoms with E-state index in [1.165, 1.54) is 10.4 Å². The molecule has 3 rings (SSSR count). The van der Waals surface area contributed by atoms with E-state index in [4.69, 9.17) is 4.74 Å². The molecular weight excluding hydrogens is 296 g/mol. The van der Waals surface area contributed by atoms with E-state index in [-0.39, 0.29) is 6.04 Å². The number of methoxy groups -OCH3 is 1. The van der Waals surface area contributed by atoms with Crippen LogP contribution in [0.25, 0.3) is 0 Å². The fraction of sp³-hybridized carbons (Fsp3) is 0.706. The zero-order valence-electron chi connectivity index (χ0n) is 13.6. The van der Waals surface area contributed by atoms with Gasteiger partial charge in [-0.05, 0) is 42.7 Å². The molecule has 1 fully saturated rings. The molecule has 22 heavy (non-hydrogen) atoms. The molecule has 0 N–H and O–H groups in total. The number of likely N-dealkylation sites (tertiary alicyclic amines) is 1. The molecule has 5 heteroatoms. The normalized spacial score (nSPS) is 23.5. The summed E-state index contributed by atoms with van der Waals surface area (Å²) < 4.78 is 5.40. The molecule has 1 atom stereocenters. The van der Waals surface area contributed by atoms with Gasteiger partial charge in [-0.3, -0.25) is 9.69 Å². The maximum absolute atomic E-state index is 12.8. The Morgan fingerprint density at radius 1 is 1.36 bits per heavy atom. The highest BCUT2D eigenvalue weighted by atomic mass is 32.1.